The minimum atomic E-state index is -3.61. The Morgan fingerprint density at radius 1 is 1.38 bits per heavy atom. The molecule has 16 heavy (non-hydrogen) atoms. The molecule has 4 nitrogen and oxygen atoms in total. The lowest BCUT2D eigenvalue weighted by Gasteiger charge is -2.12. The van der Waals surface area contributed by atoms with Gasteiger partial charge in [0.15, 0.2) is 5.75 Å². The third-order valence-electron chi connectivity index (χ3n) is 2.14. The zero-order valence-electron chi connectivity index (χ0n) is 9.93. The first-order chi connectivity index (χ1) is 7.29. The van der Waals surface area contributed by atoms with Gasteiger partial charge in [-0.3, -0.25) is 4.57 Å². The Bertz CT molecular complexity index is 408. The normalized spacial score (nSPS) is 14.9. The van der Waals surface area contributed by atoms with Gasteiger partial charge in [-0.15, -0.1) is 4.67 Å². The molecule has 0 radical (unpaired) electrons. The molecule has 0 aliphatic heterocycles. The third kappa shape index (κ3) is 3.97. The van der Waals surface area contributed by atoms with Gasteiger partial charge in [-0.2, -0.15) is 0 Å². The van der Waals surface area contributed by atoms with Crippen molar-refractivity contribution >= 4 is 7.60 Å². The second-order valence-corrected chi connectivity index (χ2v) is 5.90. The number of benzene rings is 1. The van der Waals surface area contributed by atoms with Crippen LogP contribution in [0.2, 0.25) is 0 Å². The van der Waals surface area contributed by atoms with Crippen molar-refractivity contribution in [3.8, 4) is 5.75 Å². The fourth-order valence-corrected chi connectivity index (χ4v) is 1.39. The first-order valence-corrected chi connectivity index (χ1v) is 7.09. The molecule has 0 saturated heterocycles. The van der Waals surface area contributed by atoms with Gasteiger partial charge in [0, 0.05) is 6.66 Å². The Labute approximate surface area is 95.7 Å². The van der Waals surface area contributed by atoms with Gasteiger partial charge in [0.25, 0.3) is 0 Å². The maximum atomic E-state index is 10.9. The van der Waals surface area contributed by atoms with Crippen LogP contribution in [0.25, 0.3) is 0 Å². The Kier molecular flexibility index (Phi) is 4.14. The van der Waals surface area contributed by atoms with E-state index < -0.39 is 7.60 Å². The summed E-state index contributed by atoms with van der Waals surface area (Å²) in [4.78, 5) is 13.8. The fourth-order valence-electron chi connectivity index (χ4n) is 1.17. The number of hydrogen-bond acceptors (Lipinski definition) is 3. The number of hydrogen-bond donors (Lipinski definition) is 1. The summed E-state index contributed by atoms with van der Waals surface area (Å²) in [5, 5.41) is 0. The van der Waals surface area contributed by atoms with Crippen LogP contribution < -0.4 is 4.89 Å². The van der Waals surface area contributed by atoms with Crippen LogP contribution in [0.5, 0.6) is 5.75 Å². The predicted molar refractivity (Wildman–Crippen MR) is 62.7 cm³/mol. The van der Waals surface area contributed by atoms with Crippen LogP contribution in [0.15, 0.2) is 18.2 Å². The fraction of sp³-hybridized carbons (Fsp3) is 0.455. The van der Waals surface area contributed by atoms with Crippen LogP contribution in [0.3, 0.4) is 0 Å². The van der Waals surface area contributed by atoms with Gasteiger partial charge >= 0.3 is 7.60 Å². The molecule has 0 saturated carbocycles. The van der Waals surface area contributed by atoms with Crippen molar-refractivity contribution < 1.29 is 19.0 Å². The van der Waals surface area contributed by atoms with Crippen molar-refractivity contribution in [2.45, 2.75) is 26.7 Å². The summed E-state index contributed by atoms with van der Waals surface area (Å²) in [6, 6.07) is 5.71. The van der Waals surface area contributed by atoms with Crippen molar-refractivity contribution in [2.75, 3.05) is 6.66 Å². The number of aryl methyl sites for hydroxylation is 1. The molecule has 0 aliphatic carbocycles. The average Bonchev–Trinajstić information content (AvgIpc) is 2.14. The van der Waals surface area contributed by atoms with Gasteiger partial charge in [0.2, 0.25) is 0 Å². The molecule has 0 aliphatic rings. The molecular formula is C11H17O4P. The highest BCUT2D eigenvalue weighted by molar-refractivity contribution is 7.51. The lowest BCUT2D eigenvalue weighted by atomic mass is 10.0. The standard InChI is InChI=1S/C11H17O4P/c1-8(2)10-6-5-9(3)11(7-10)14-15-16(4,12)13/h5-8H,1-4H3,(H,12,13). The van der Waals surface area contributed by atoms with Gasteiger partial charge < -0.3 is 9.78 Å². The molecule has 0 aromatic heterocycles. The maximum absolute atomic E-state index is 10.9. The molecule has 1 atom stereocenters. The van der Waals surface area contributed by atoms with Crippen LogP contribution in [0.4, 0.5) is 0 Å². The molecule has 1 unspecified atom stereocenters. The molecule has 1 N–H and O–H groups in total. The van der Waals surface area contributed by atoms with E-state index >= 15 is 0 Å². The van der Waals surface area contributed by atoms with Gasteiger partial charge in [-0.05, 0) is 30.0 Å². The van der Waals surface area contributed by atoms with Crippen molar-refractivity contribution in [3.05, 3.63) is 29.3 Å². The summed E-state index contributed by atoms with van der Waals surface area (Å²) >= 11 is 0. The van der Waals surface area contributed by atoms with Crippen LogP contribution in [0, 0.1) is 6.92 Å². The van der Waals surface area contributed by atoms with E-state index in [2.05, 4.69) is 18.5 Å². The summed E-state index contributed by atoms with van der Waals surface area (Å²) in [6.45, 7) is 7.05. The molecule has 0 fully saturated rings. The molecule has 90 valence electrons. The summed E-state index contributed by atoms with van der Waals surface area (Å²) in [7, 11) is -3.61. The Morgan fingerprint density at radius 3 is 2.50 bits per heavy atom. The first-order valence-electron chi connectivity index (χ1n) is 5.06. The highest BCUT2D eigenvalue weighted by Gasteiger charge is 2.14. The summed E-state index contributed by atoms with van der Waals surface area (Å²) in [6.07, 6.45) is 0. The van der Waals surface area contributed by atoms with Gasteiger partial charge in [-0.25, -0.2) is 0 Å². The molecule has 1 rings (SSSR count). The minimum Gasteiger partial charge on any atom is -0.329 e. The molecule has 1 aromatic rings. The summed E-state index contributed by atoms with van der Waals surface area (Å²) in [5.74, 6) is 0.841. The largest absolute Gasteiger partial charge is 0.363 e. The van der Waals surface area contributed by atoms with Crippen LogP contribution in [-0.4, -0.2) is 11.6 Å². The van der Waals surface area contributed by atoms with Gasteiger partial charge in [0.1, 0.15) is 0 Å². The molecule has 0 amide bonds. The van der Waals surface area contributed by atoms with E-state index in [1.165, 1.54) is 0 Å². The average molecular weight is 244 g/mol. The van der Waals surface area contributed by atoms with E-state index in [1.54, 1.807) is 0 Å². The monoisotopic (exact) mass is 244 g/mol. The van der Waals surface area contributed by atoms with Crippen molar-refractivity contribution in [3.63, 3.8) is 0 Å². The Morgan fingerprint density at radius 2 is 2.00 bits per heavy atom. The Hall–Kier alpha value is -0.830. The lowest BCUT2D eigenvalue weighted by Crippen LogP contribution is -1.97. The van der Waals surface area contributed by atoms with E-state index in [-0.39, 0.29) is 0 Å². The third-order valence-corrected chi connectivity index (χ3v) is 2.50. The zero-order valence-corrected chi connectivity index (χ0v) is 10.8. The summed E-state index contributed by atoms with van der Waals surface area (Å²) in [5.41, 5.74) is 1.95. The molecule has 1 aromatic carbocycles. The maximum Gasteiger partial charge on any atom is 0.363 e. The van der Waals surface area contributed by atoms with Crippen molar-refractivity contribution in [2.24, 2.45) is 0 Å². The van der Waals surface area contributed by atoms with E-state index in [1.807, 2.05) is 25.1 Å². The zero-order chi connectivity index (χ0) is 12.3. The van der Waals surface area contributed by atoms with Crippen LogP contribution in [0.1, 0.15) is 30.9 Å². The molecule has 0 spiro atoms. The number of rotatable bonds is 4. The lowest BCUT2D eigenvalue weighted by molar-refractivity contribution is -0.108. The predicted octanol–water partition coefficient (Wildman–Crippen LogP) is 3.24. The Balaban J connectivity index is 2.86. The highest BCUT2D eigenvalue weighted by Crippen LogP contribution is 2.38. The molecule has 0 heterocycles. The molecule has 0 bridgehead atoms. The first kappa shape index (κ1) is 13.2. The van der Waals surface area contributed by atoms with Gasteiger partial charge in [-0.1, -0.05) is 26.0 Å². The summed E-state index contributed by atoms with van der Waals surface area (Å²) < 4.78 is 15.4. The van der Waals surface area contributed by atoms with Gasteiger partial charge in [0.05, 0.1) is 0 Å². The smallest absolute Gasteiger partial charge is 0.329 e. The van der Waals surface area contributed by atoms with E-state index in [0.29, 0.717) is 11.7 Å². The van der Waals surface area contributed by atoms with Crippen LogP contribution in [-0.2, 0) is 9.24 Å². The van der Waals surface area contributed by atoms with E-state index in [9.17, 15) is 4.57 Å². The van der Waals surface area contributed by atoms with E-state index in [0.717, 1.165) is 17.8 Å². The topological polar surface area (TPSA) is 55.8 Å². The van der Waals surface area contributed by atoms with Crippen molar-refractivity contribution in [1.82, 2.24) is 0 Å². The SMILES string of the molecule is Cc1ccc(C(C)C)cc1OOP(C)(=O)O. The quantitative estimate of drug-likeness (QED) is 0.502. The second-order valence-electron chi connectivity index (χ2n) is 4.14. The molecule has 5 heteroatoms. The minimum absolute atomic E-state index is 0.366. The second kappa shape index (κ2) is 5.00. The van der Waals surface area contributed by atoms with Crippen LogP contribution >= 0.6 is 7.60 Å². The molecular weight excluding hydrogens is 227 g/mol. The van der Waals surface area contributed by atoms with E-state index in [4.69, 9.17) is 9.78 Å². The van der Waals surface area contributed by atoms with Crippen molar-refractivity contribution in [1.29, 1.82) is 0 Å². The highest BCUT2D eigenvalue weighted by atomic mass is 31.2.